The van der Waals surface area contributed by atoms with Crippen LogP contribution in [0.5, 0.6) is 0 Å². The Balaban J connectivity index is 3.26. The SMILES string of the molecule is CCCCCCC(F)C/C=C\CCCCCCCC(=O)O. The third-order valence-electron chi connectivity index (χ3n) is 3.69. The first-order valence-corrected chi connectivity index (χ1v) is 8.67. The fourth-order valence-electron chi connectivity index (χ4n) is 2.34. The molecule has 0 aliphatic rings. The third kappa shape index (κ3) is 17.1. The topological polar surface area (TPSA) is 37.3 Å². The number of hydrogen-bond donors (Lipinski definition) is 1. The average molecular weight is 300 g/mol. The van der Waals surface area contributed by atoms with Crippen molar-refractivity contribution >= 4 is 5.97 Å². The second-order valence-electron chi connectivity index (χ2n) is 5.85. The van der Waals surface area contributed by atoms with Crippen molar-refractivity contribution in [1.82, 2.24) is 0 Å². The Morgan fingerprint density at radius 3 is 2.38 bits per heavy atom. The van der Waals surface area contributed by atoms with Crippen molar-refractivity contribution in [2.24, 2.45) is 0 Å². The number of carboxylic acids is 1. The normalized spacial score (nSPS) is 12.9. The summed E-state index contributed by atoms with van der Waals surface area (Å²) in [4.78, 5) is 10.3. The van der Waals surface area contributed by atoms with E-state index in [2.05, 4.69) is 13.0 Å². The number of alkyl halides is 1. The molecule has 0 aromatic carbocycles. The number of unbranched alkanes of at least 4 members (excludes halogenated alkanes) is 8. The van der Waals surface area contributed by atoms with E-state index in [1.165, 1.54) is 12.8 Å². The van der Waals surface area contributed by atoms with Gasteiger partial charge in [0.05, 0.1) is 0 Å². The number of halogens is 1. The molecule has 0 fully saturated rings. The van der Waals surface area contributed by atoms with E-state index in [-0.39, 0.29) is 6.42 Å². The van der Waals surface area contributed by atoms with Crippen LogP contribution in [0.2, 0.25) is 0 Å². The van der Waals surface area contributed by atoms with Crippen LogP contribution in [-0.4, -0.2) is 17.2 Å². The van der Waals surface area contributed by atoms with Crippen molar-refractivity contribution in [3.63, 3.8) is 0 Å². The molecule has 0 amide bonds. The molecule has 0 heterocycles. The van der Waals surface area contributed by atoms with Crippen molar-refractivity contribution in [3.05, 3.63) is 12.2 Å². The zero-order valence-electron chi connectivity index (χ0n) is 13.7. The minimum atomic E-state index is -0.701. The maximum Gasteiger partial charge on any atom is 0.303 e. The van der Waals surface area contributed by atoms with E-state index in [1.54, 1.807) is 0 Å². The molecule has 0 aromatic rings. The maximum absolute atomic E-state index is 13.5. The van der Waals surface area contributed by atoms with Crippen LogP contribution in [0.3, 0.4) is 0 Å². The minimum absolute atomic E-state index is 0.288. The lowest BCUT2D eigenvalue weighted by atomic mass is 10.1. The molecular formula is C18H33FO2. The molecule has 1 atom stereocenters. The predicted octanol–water partition coefficient (Wildman–Crippen LogP) is 6.06. The molecule has 0 aliphatic heterocycles. The highest BCUT2D eigenvalue weighted by atomic mass is 19.1. The Morgan fingerprint density at radius 1 is 1.00 bits per heavy atom. The summed E-state index contributed by atoms with van der Waals surface area (Å²) in [7, 11) is 0. The van der Waals surface area contributed by atoms with Crippen LogP contribution >= 0.6 is 0 Å². The molecule has 0 rings (SSSR count). The summed E-state index contributed by atoms with van der Waals surface area (Å²) >= 11 is 0. The van der Waals surface area contributed by atoms with Crippen molar-refractivity contribution in [1.29, 1.82) is 0 Å². The molecule has 0 saturated carbocycles. The van der Waals surface area contributed by atoms with E-state index in [0.717, 1.165) is 51.4 Å². The third-order valence-corrected chi connectivity index (χ3v) is 3.69. The first-order valence-electron chi connectivity index (χ1n) is 8.67. The van der Waals surface area contributed by atoms with Gasteiger partial charge in [0.25, 0.3) is 0 Å². The Labute approximate surface area is 129 Å². The Bertz CT molecular complexity index is 264. The number of hydrogen-bond acceptors (Lipinski definition) is 1. The molecule has 0 bridgehead atoms. The molecule has 0 spiro atoms. The van der Waals surface area contributed by atoms with Crippen molar-refractivity contribution in [2.45, 2.75) is 96.6 Å². The molecule has 1 unspecified atom stereocenters. The summed E-state index contributed by atoms with van der Waals surface area (Å²) in [5.41, 5.74) is 0. The molecule has 21 heavy (non-hydrogen) atoms. The van der Waals surface area contributed by atoms with E-state index in [4.69, 9.17) is 5.11 Å². The van der Waals surface area contributed by atoms with Gasteiger partial charge < -0.3 is 5.11 Å². The molecular weight excluding hydrogens is 267 g/mol. The quantitative estimate of drug-likeness (QED) is 0.295. The van der Waals surface area contributed by atoms with Gasteiger partial charge in [-0.2, -0.15) is 0 Å². The number of aliphatic carboxylic acids is 1. The number of carboxylic acid groups (broad SMARTS) is 1. The summed E-state index contributed by atoms with van der Waals surface area (Å²) in [5.74, 6) is -0.701. The maximum atomic E-state index is 13.5. The molecule has 1 N–H and O–H groups in total. The number of rotatable bonds is 15. The number of allylic oxidation sites excluding steroid dienone is 2. The molecule has 124 valence electrons. The highest BCUT2D eigenvalue weighted by molar-refractivity contribution is 5.66. The first kappa shape index (κ1) is 20.1. The van der Waals surface area contributed by atoms with E-state index >= 15 is 0 Å². The summed E-state index contributed by atoms with van der Waals surface area (Å²) in [5, 5.41) is 8.50. The zero-order chi connectivity index (χ0) is 15.8. The van der Waals surface area contributed by atoms with Crippen molar-refractivity contribution < 1.29 is 14.3 Å². The molecule has 0 radical (unpaired) electrons. The Hall–Kier alpha value is -0.860. The molecule has 0 aromatic heterocycles. The van der Waals surface area contributed by atoms with Gasteiger partial charge >= 0.3 is 5.97 Å². The highest BCUT2D eigenvalue weighted by Crippen LogP contribution is 2.12. The largest absolute Gasteiger partial charge is 0.481 e. The summed E-state index contributed by atoms with van der Waals surface area (Å²) in [6.45, 7) is 2.17. The lowest BCUT2D eigenvalue weighted by Gasteiger charge is -2.04. The second kappa shape index (κ2) is 15.5. The lowest BCUT2D eigenvalue weighted by molar-refractivity contribution is -0.137. The van der Waals surface area contributed by atoms with Gasteiger partial charge in [0.1, 0.15) is 6.17 Å². The van der Waals surface area contributed by atoms with Crippen LogP contribution in [0.25, 0.3) is 0 Å². The predicted molar refractivity (Wildman–Crippen MR) is 87.4 cm³/mol. The van der Waals surface area contributed by atoms with Crippen LogP contribution in [-0.2, 0) is 4.79 Å². The Morgan fingerprint density at radius 2 is 1.67 bits per heavy atom. The fraction of sp³-hybridized carbons (Fsp3) is 0.833. The van der Waals surface area contributed by atoms with Gasteiger partial charge in [0.15, 0.2) is 0 Å². The zero-order valence-corrected chi connectivity index (χ0v) is 13.7. The molecule has 0 aliphatic carbocycles. The molecule has 0 saturated heterocycles. The summed E-state index contributed by atoms with van der Waals surface area (Å²) < 4.78 is 13.5. The van der Waals surface area contributed by atoms with Crippen LogP contribution in [0.4, 0.5) is 4.39 Å². The van der Waals surface area contributed by atoms with Gasteiger partial charge in [-0.25, -0.2) is 4.39 Å². The van der Waals surface area contributed by atoms with E-state index in [1.807, 2.05) is 6.08 Å². The van der Waals surface area contributed by atoms with E-state index in [9.17, 15) is 9.18 Å². The van der Waals surface area contributed by atoms with Gasteiger partial charge in [0, 0.05) is 6.42 Å². The van der Waals surface area contributed by atoms with E-state index in [0.29, 0.717) is 12.8 Å². The fourth-order valence-corrected chi connectivity index (χ4v) is 2.34. The van der Waals surface area contributed by atoms with Crippen LogP contribution < -0.4 is 0 Å². The van der Waals surface area contributed by atoms with Crippen LogP contribution in [0.15, 0.2) is 12.2 Å². The summed E-state index contributed by atoms with van der Waals surface area (Å²) in [6, 6.07) is 0. The molecule has 2 nitrogen and oxygen atoms in total. The van der Waals surface area contributed by atoms with Crippen LogP contribution in [0.1, 0.15) is 90.4 Å². The number of carbonyl (C=O) groups is 1. The molecule has 3 heteroatoms. The van der Waals surface area contributed by atoms with Gasteiger partial charge in [-0.1, -0.05) is 64.0 Å². The minimum Gasteiger partial charge on any atom is -0.481 e. The Kier molecular flexibility index (Phi) is 14.9. The van der Waals surface area contributed by atoms with Crippen molar-refractivity contribution in [2.75, 3.05) is 0 Å². The average Bonchev–Trinajstić information content (AvgIpc) is 2.45. The van der Waals surface area contributed by atoms with Gasteiger partial charge in [-0.3, -0.25) is 4.79 Å². The van der Waals surface area contributed by atoms with E-state index < -0.39 is 12.1 Å². The van der Waals surface area contributed by atoms with Gasteiger partial charge in [0.2, 0.25) is 0 Å². The summed E-state index contributed by atoms with van der Waals surface area (Å²) in [6.07, 6.45) is 15.7. The van der Waals surface area contributed by atoms with Gasteiger partial charge in [-0.15, -0.1) is 0 Å². The second-order valence-corrected chi connectivity index (χ2v) is 5.85. The van der Waals surface area contributed by atoms with Crippen molar-refractivity contribution in [3.8, 4) is 0 Å². The standard InChI is InChI=1S/C18H33FO2/c1-2-3-4-11-14-17(19)15-12-9-7-5-6-8-10-13-16-18(20)21/h9,12,17H,2-8,10-11,13-16H2,1H3,(H,20,21)/b12-9-. The smallest absolute Gasteiger partial charge is 0.303 e. The first-order chi connectivity index (χ1) is 10.2. The monoisotopic (exact) mass is 300 g/mol. The lowest BCUT2D eigenvalue weighted by Crippen LogP contribution is -1.97. The van der Waals surface area contributed by atoms with Gasteiger partial charge in [-0.05, 0) is 32.1 Å². The highest BCUT2D eigenvalue weighted by Gasteiger charge is 2.02. The van der Waals surface area contributed by atoms with Crippen LogP contribution in [0, 0.1) is 0 Å².